The molecule has 3 aromatic rings. The largest absolute Gasteiger partial charge is 0.348 e. The number of benzene rings is 2. The Bertz CT molecular complexity index is 898. The minimum Gasteiger partial charge on any atom is -0.348 e. The molecule has 3 heteroatoms. The van der Waals surface area contributed by atoms with Crippen molar-refractivity contribution in [3.8, 4) is 0 Å². The van der Waals surface area contributed by atoms with Gasteiger partial charge in [-0.15, -0.1) is 0 Å². The number of pyridine rings is 1. The van der Waals surface area contributed by atoms with Crippen molar-refractivity contribution in [3.63, 3.8) is 0 Å². The lowest BCUT2D eigenvalue weighted by Crippen LogP contribution is -2.38. The van der Waals surface area contributed by atoms with E-state index in [0.29, 0.717) is 0 Å². The number of nitrogens with zero attached hydrogens (tertiary/aromatic N) is 1. The number of nitrogens with one attached hydrogen (secondary N) is 1. The fraction of sp³-hybridized carbons (Fsp3) is 0.304. The van der Waals surface area contributed by atoms with E-state index >= 15 is 0 Å². The van der Waals surface area contributed by atoms with Gasteiger partial charge in [-0.1, -0.05) is 80.0 Å². The van der Waals surface area contributed by atoms with E-state index in [4.69, 9.17) is 12.2 Å². The maximum atomic E-state index is 5.95. The summed E-state index contributed by atoms with van der Waals surface area (Å²) >= 11 is 5.95. The quantitative estimate of drug-likeness (QED) is 0.563. The molecule has 132 valence electrons. The molecule has 1 aliphatic carbocycles. The van der Waals surface area contributed by atoms with Gasteiger partial charge in [0.15, 0.2) is 0 Å². The minimum absolute atomic E-state index is 0.0561. The number of rotatable bonds is 4. The van der Waals surface area contributed by atoms with Crippen molar-refractivity contribution in [1.29, 1.82) is 0 Å². The molecule has 1 N–H and O–H groups in total. The molecule has 1 heterocycles. The highest BCUT2D eigenvalue weighted by Gasteiger charge is 2.36. The molecule has 0 saturated heterocycles. The van der Waals surface area contributed by atoms with Crippen molar-refractivity contribution >= 4 is 33.8 Å². The van der Waals surface area contributed by atoms with Gasteiger partial charge in [0.25, 0.3) is 0 Å². The van der Waals surface area contributed by atoms with Crippen molar-refractivity contribution < 1.29 is 0 Å². The molecule has 0 spiro atoms. The summed E-state index contributed by atoms with van der Waals surface area (Å²) in [4.78, 5) is 5.53. The first-order chi connectivity index (χ1) is 12.8. The van der Waals surface area contributed by atoms with Crippen LogP contribution in [0.4, 0.5) is 5.69 Å². The molecule has 1 fully saturated rings. The summed E-state index contributed by atoms with van der Waals surface area (Å²) < 4.78 is 0. The van der Waals surface area contributed by atoms with Crippen LogP contribution in [0, 0.1) is 5.41 Å². The monoisotopic (exact) mass is 360 g/mol. The molecule has 1 aliphatic rings. The molecular formula is C23H24N2S. The predicted molar refractivity (Wildman–Crippen MR) is 114 cm³/mol. The van der Waals surface area contributed by atoms with Gasteiger partial charge in [0.1, 0.15) is 0 Å². The summed E-state index contributed by atoms with van der Waals surface area (Å²) in [6.45, 7) is 0. The Labute approximate surface area is 160 Å². The van der Waals surface area contributed by atoms with E-state index in [-0.39, 0.29) is 5.41 Å². The smallest absolute Gasteiger partial charge is 0.0863 e. The van der Waals surface area contributed by atoms with Crippen molar-refractivity contribution in [2.24, 2.45) is 5.41 Å². The highest BCUT2D eigenvalue weighted by Crippen LogP contribution is 2.41. The second kappa shape index (κ2) is 7.55. The number of hydrogen-bond donors (Lipinski definition) is 1. The van der Waals surface area contributed by atoms with Gasteiger partial charge in [0.2, 0.25) is 0 Å². The average Bonchev–Trinajstić information content (AvgIpc) is 2.69. The van der Waals surface area contributed by atoms with Crippen LogP contribution >= 0.6 is 12.2 Å². The van der Waals surface area contributed by atoms with Crippen LogP contribution in [0.25, 0.3) is 10.9 Å². The second-order valence-corrected chi connectivity index (χ2v) is 7.78. The lowest BCUT2D eigenvalue weighted by Gasteiger charge is -2.38. The Morgan fingerprint density at radius 2 is 1.69 bits per heavy atom. The highest BCUT2D eigenvalue weighted by atomic mass is 32.1. The van der Waals surface area contributed by atoms with E-state index in [9.17, 15) is 0 Å². The maximum Gasteiger partial charge on any atom is 0.0863 e. The third-order valence-electron chi connectivity index (χ3n) is 5.53. The number of anilines is 1. The fourth-order valence-electron chi connectivity index (χ4n) is 4.10. The van der Waals surface area contributed by atoms with Gasteiger partial charge in [0, 0.05) is 10.8 Å². The van der Waals surface area contributed by atoms with E-state index in [2.05, 4.69) is 52.8 Å². The van der Waals surface area contributed by atoms with Gasteiger partial charge in [-0.2, -0.15) is 0 Å². The third kappa shape index (κ3) is 3.63. The summed E-state index contributed by atoms with van der Waals surface area (Å²) in [6.07, 6.45) is 9.06. The van der Waals surface area contributed by atoms with Gasteiger partial charge in [-0.05, 0) is 37.0 Å². The molecule has 0 amide bonds. The summed E-state index contributed by atoms with van der Waals surface area (Å²) in [5.74, 6) is 0. The zero-order valence-corrected chi connectivity index (χ0v) is 15.8. The van der Waals surface area contributed by atoms with Crippen LogP contribution in [-0.2, 0) is 6.42 Å². The predicted octanol–water partition coefficient (Wildman–Crippen LogP) is 6.17. The van der Waals surface area contributed by atoms with Gasteiger partial charge in [-0.3, -0.25) is 4.98 Å². The van der Waals surface area contributed by atoms with Crippen LogP contribution in [0.5, 0.6) is 0 Å². The van der Waals surface area contributed by atoms with Gasteiger partial charge >= 0.3 is 0 Å². The van der Waals surface area contributed by atoms with E-state index in [1.54, 1.807) is 0 Å². The summed E-state index contributed by atoms with van der Waals surface area (Å²) in [5, 5.41) is 4.67. The molecule has 26 heavy (non-hydrogen) atoms. The molecule has 0 atom stereocenters. The molecule has 0 bridgehead atoms. The van der Waals surface area contributed by atoms with Crippen LogP contribution in [0.3, 0.4) is 0 Å². The molecular weight excluding hydrogens is 336 g/mol. The normalized spacial score (nSPS) is 16.3. The number of fused-ring (bicyclic) bond motifs is 1. The summed E-state index contributed by atoms with van der Waals surface area (Å²) in [5.41, 5.74) is 3.43. The number of thiocarbonyl (C=S) groups is 1. The van der Waals surface area contributed by atoms with Crippen molar-refractivity contribution in [3.05, 3.63) is 72.4 Å². The van der Waals surface area contributed by atoms with Gasteiger partial charge < -0.3 is 5.32 Å². The van der Waals surface area contributed by atoms with Crippen molar-refractivity contribution in [2.45, 2.75) is 38.5 Å². The summed E-state index contributed by atoms with van der Waals surface area (Å²) in [7, 11) is 0. The Morgan fingerprint density at radius 1 is 0.962 bits per heavy atom. The van der Waals surface area contributed by atoms with E-state index < -0.39 is 0 Å². The van der Waals surface area contributed by atoms with Crippen molar-refractivity contribution in [2.75, 3.05) is 5.32 Å². The first-order valence-corrected chi connectivity index (χ1v) is 9.86. The average molecular weight is 361 g/mol. The molecule has 0 unspecified atom stereocenters. The van der Waals surface area contributed by atoms with Crippen LogP contribution in [0.1, 0.15) is 37.7 Å². The van der Waals surface area contributed by atoms with Gasteiger partial charge in [-0.25, -0.2) is 0 Å². The highest BCUT2D eigenvalue weighted by molar-refractivity contribution is 7.80. The molecule has 2 nitrogen and oxygen atoms in total. The second-order valence-electron chi connectivity index (χ2n) is 7.37. The fourth-order valence-corrected chi connectivity index (χ4v) is 4.50. The molecule has 4 rings (SSSR count). The molecule has 0 radical (unpaired) electrons. The molecule has 1 aromatic heterocycles. The number of hydrogen-bond acceptors (Lipinski definition) is 2. The van der Waals surface area contributed by atoms with Crippen LogP contribution < -0.4 is 5.32 Å². The molecule has 0 aliphatic heterocycles. The molecule has 2 aromatic carbocycles. The SMILES string of the molecule is S=C(Nc1cnc2ccccc2c1)C1(Cc2ccccc2)CCCCC1. The third-order valence-corrected chi connectivity index (χ3v) is 6.06. The first kappa shape index (κ1) is 17.2. The Kier molecular flexibility index (Phi) is 4.98. The Balaban J connectivity index is 1.59. The summed E-state index contributed by atoms with van der Waals surface area (Å²) in [6, 6.07) is 21.1. The van der Waals surface area contributed by atoms with Gasteiger partial charge in [0.05, 0.1) is 22.4 Å². The lowest BCUT2D eigenvalue weighted by molar-refractivity contribution is 0.285. The molecule has 1 saturated carbocycles. The number of aromatic nitrogens is 1. The Morgan fingerprint density at radius 3 is 2.50 bits per heavy atom. The number of para-hydroxylation sites is 1. The topological polar surface area (TPSA) is 24.9 Å². The first-order valence-electron chi connectivity index (χ1n) is 9.45. The van der Waals surface area contributed by atoms with E-state index in [1.165, 1.54) is 24.8 Å². The minimum atomic E-state index is 0.0561. The van der Waals surface area contributed by atoms with Crippen molar-refractivity contribution in [1.82, 2.24) is 4.98 Å². The van der Waals surface area contributed by atoms with Crippen LogP contribution in [0.15, 0.2) is 66.9 Å². The zero-order valence-electron chi connectivity index (χ0n) is 14.9. The zero-order chi connectivity index (χ0) is 17.8. The van der Waals surface area contributed by atoms with E-state index in [0.717, 1.165) is 40.8 Å². The lowest BCUT2D eigenvalue weighted by atomic mass is 9.70. The standard InChI is InChI=1S/C23H24N2S/c26-22(25-20-15-19-11-5-6-12-21(19)24-17-20)23(13-7-2-8-14-23)16-18-9-3-1-4-10-18/h1,3-6,9-12,15,17H,2,7-8,13-14,16H2,(H,25,26). The van der Waals surface area contributed by atoms with Crippen LogP contribution in [0.2, 0.25) is 0 Å². The van der Waals surface area contributed by atoms with Crippen LogP contribution in [-0.4, -0.2) is 9.97 Å². The Hall–Kier alpha value is -2.26. The van der Waals surface area contributed by atoms with E-state index in [1.807, 2.05) is 24.4 Å². The maximum absolute atomic E-state index is 5.95.